The summed E-state index contributed by atoms with van der Waals surface area (Å²) in [7, 11) is 1.59. The molecule has 0 aliphatic rings. The van der Waals surface area contributed by atoms with Crippen LogP contribution in [0.25, 0.3) is 0 Å². The van der Waals surface area contributed by atoms with Crippen LogP contribution in [0.4, 0.5) is 0 Å². The number of amides is 4. The number of carbonyl (C=O) groups is 4. The molecule has 264 valence electrons. The Bertz CT molecular complexity index is 938. The largest absolute Gasteiger partial charge is 0.396 e. The Morgan fingerprint density at radius 1 is 0.739 bits per heavy atom. The van der Waals surface area contributed by atoms with Gasteiger partial charge in [-0.15, -0.1) is 0 Å². The molecule has 0 radical (unpaired) electrons. The van der Waals surface area contributed by atoms with E-state index in [0.29, 0.717) is 77.7 Å². The Balaban J connectivity index is 0.00000252. The average Bonchev–Trinajstić information content (AvgIpc) is 3.05. The molecular weight excluding hydrogens is 590 g/mol. The first-order chi connectivity index (χ1) is 22.2. The summed E-state index contributed by atoms with van der Waals surface area (Å²) in [6.07, 6.45) is 6.44. The van der Waals surface area contributed by atoms with Gasteiger partial charge in [-0.25, -0.2) is 0 Å². The summed E-state index contributed by atoms with van der Waals surface area (Å²) in [5.74, 6) is -1.47. The van der Waals surface area contributed by atoms with Crippen molar-refractivity contribution in [1.82, 2.24) is 21.3 Å². The standard InChI is InChI=1S/C26H53N7O6.C7H8/c1-39-19-20(18-34)9-4-7-16-30-24(36)17-31-25(37)21(10-2-5-13-27)33-26(38)22(11-3-6-14-28)32-23(35)12-8-15-29;1-7-5-3-2-4-6-7/h20-22,34H,2-19,27-29H2,1H3,(H,30,36)(H,31,37)(H,32,35)(H,33,38);2-6H,1H3/t20?,21-,22?;/m0./s1. The molecule has 0 saturated carbocycles. The van der Waals surface area contributed by atoms with Gasteiger partial charge in [0, 0.05) is 32.6 Å². The maximum absolute atomic E-state index is 13.1. The zero-order valence-corrected chi connectivity index (χ0v) is 28.1. The quantitative estimate of drug-likeness (QED) is 0.0692. The number of benzene rings is 1. The predicted octanol–water partition coefficient (Wildman–Crippen LogP) is 0.606. The van der Waals surface area contributed by atoms with Gasteiger partial charge in [0.15, 0.2) is 0 Å². The van der Waals surface area contributed by atoms with Crippen molar-refractivity contribution in [3.8, 4) is 0 Å². The summed E-state index contributed by atoms with van der Waals surface area (Å²) < 4.78 is 5.05. The molecule has 3 atom stereocenters. The molecule has 13 heteroatoms. The molecule has 0 aliphatic heterocycles. The number of unbranched alkanes of at least 4 members (excludes halogenated alkanes) is 3. The van der Waals surface area contributed by atoms with E-state index in [4.69, 9.17) is 21.9 Å². The molecule has 11 N–H and O–H groups in total. The fourth-order valence-electron chi connectivity index (χ4n) is 4.46. The van der Waals surface area contributed by atoms with E-state index in [1.54, 1.807) is 7.11 Å². The van der Waals surface area contributed by atoms with Crippen molar-refractivity contribution in [2.75, 3.05) is 53.0 Å². The number of aliphatic hydroxyl groups excluding tert-OH is 1. The first-order valence-corrected chi connectivity index (χ1v) is 16.6. The highest BCUT2D eigenvalue weighted by Crippen LogP contribution is 2.08. The molecule has 2 unspecified atom stereocenters. The summed E-state index contributed by atoms with van der Waals surface area (Å²) >= 11 is 0. The van der Waals surface area contributed by atoms with Crippen LogP contribution in [0.15, 0.2) is 30.3 Å². The summed E-state index contributed by atoms with van der Waals surface area (Å²) in [5, 5.41) is 20.1. The number of aliphatic hydroxyl groups is 1. The van der Waals surface area contributed by atoms with Gasteiger partial charge < -0.3 is 48.3 Å². The second kappa shape index (κ2) is 29.3. The van der Waals surface area contributed by atoms with Crippen molar-refractivity contribution in [2.45, 2.75) is 89.6 Å². The third kappa shape index (κ3) is 23.3. The number of carbonyl (C=O) groups excluding carboxylic acids is 4. The molecule has 1 aromatic carbocycles. The lowest BCUT2D eigenvalue weighted by Crippen LogP contribution is -2.54. The zero-order chi connectivity index (χ0) is 34.4. The van der Waals surface area contributed by atoms with Gasteiger partial charge in [-0.05, 0) is 84.3 Å². The maximum Gasteiger partial charge on any atom is 0.243 e. The van der Waals surface area contributed by atoms with Crippen LogP contribution in [-0.4, -0.2) is 93.9 Å². The number of aryl methyl sites for hydroxylation is 1. The smallest absolute Gasteiger partial charge is 0.243 e. The van der Waals surface area contributed by atoms with Crippen molar-refractivity contribution >= 4 is 23.6 Å². The maximum atomic E-state index is 13.1. The van der Waals surface area contributed by atoms with Gasteiger partial charge in [-0.2, -0.15) is 0 Å². The molecule has 1 aromatic rings. The van der Waals surface area contributed by atoms with E-state index in [9.17, 15) is 24.3 Å². The lowest BCUT2D eigenvalue weighted by Gasteiger charge is -2.23. The Kier molecular flexibility index (Phi) is 27.3. The van der Waals surface area contributed by atoms with Crippen LogP contribution in [0.3, 0.4) is 0 Å². The van der Waals surface area contributed by atoms with E-state index in [1.165, 1.54) is 5.56 Å². The minimum Gasteiger partial charge on any atom is -0.396 e. The first kappa shape index (κ1) is 42.9. The third-order valence-electron chi connectivity index (χ3n) is 7.17. The summed E-state index contributed by atoms with van der Waals surface area (Å²) in [6.45, 7) is 4.16. The van der Waals surface area contributed by atoms with Crippen molar-refractivity contribution in [1.29, 1.82) is 0 Å². The summed E-state index contributed by atoms with van der Waals surface area (Å²) in [5.41, 5.74) is 17.9. The Morgan fingerprint density at radius 2 is 1.33 bits per heavy atom. The van der Waals surface area contributed by atoms with Gasteiger partial charge in [-0.1, -0.05) is 42.3 Å². The molecule has 0 fully saturated rings. The van der Waals surface area contributed by atoms with E-state index >= 15 is 0 Å². The first-order valence-electron chi connectivity index (χ1n) is 16.6. The van der Waals surface area contributed by atoms with E-state index in [2.05, 4.69) is 40.3 Å². The number of rotatable bonds is 25. The van der Waals surface area contributed by atoms with Gasteiger partial charge >= 0.3 is 0 Å². The minimum absolute atomic E-state index is 0.0598. The van der Waals surface area contributed by atoms with Gasteiger partial charge in [0.2, 0.25) is 23.6 Å². The molecule has 0 aliphatic carbocycles. The topological polar surface area (TPSA) is 224 Å². The van der Waals surface area contributed by atoms with Crippen LogP contribution < -0.4 is 38.5 Å². The number of ether oxygens (including phenoxy) is 1. The molecule has 4 amide bonds. The van der Waals surface area contributed by atoms with Crippen molar-refractivity contribution in [2.24, 2.45) is 23.1 Å². The highest BCUT2D eigenvalue weighted by Gasteiger charge is 2.26. The molecule has 0 heterocycles. The van der Waals surface area contributed by atoms with Crippen molar-refractivity contribution in [3.05, 3.63) is 35.9 Å². The molecule has 0 saturated heterocycles. The fraction of sp³-hybridized carbons (Fsp3) is 0.697. The normalized spacial score (nSPS) is 12.6. The van der Waals surface area contributed by atoms with E-state index in [-0.39, 0.29) is 37.3 Å². The highest BCUT2D eigenvalue weighted by atomic mass is 16.5. The number of hydrogen-bond acceptors (Lipinski definition) is 9. The van der Waals surface area contributed by atoms with E-state index < -0.39 is 23.9 Å². The fourth-order valence-corrected chi connectivity index (χ4v) is 4.46. The Labute approximate surface area is 275 Å². The Morgan fingerprint density at radius 3 is 1.85 bits per heavy atom. The lowest BCUT2D eigenvalue weighted by molar-refractivity contribution is -0.133. The monoisotopic (exact) mass is 651 g/mol. The van der Waals surface area contributed by atoms with Crippen molar-refractivity contribution < 1.29 is 29.0 Å². The summed E-state index contributed by atoms with van der Waals surface area (Å²) in [6, 6.07) is 8.59. The number of nitrogens with one attached hydrogen (secondary N) is 4. The van der Waals surface area contributed by atoms with Gasteiger partial charge in [-0.3, -0.25) is 19.2 Å². The Hall–Kier alpha value is -3.10. The van der Waals surface area contributed by atoms with Gasteiger partial charge in [0.1, 0.15) is 12.1 Å². The van der Waals surface area contributed by atoms with E-state index in [1.807, 2.05) is 18.2 Å². The average molecular weight is 652 g/mol. The molecular formula is C33H61N7O6. The van der Waals surface area contributed by atoms with Crippen LogP contribution in [0, 0.1) is 12.8 Å². The molecule has 1 rings (SSSR count). The van der Waals surface area contributed by atoms with Gasteiger partial charge in [0.05, 0.1) is 13.2 Å². The minimum atomic E-state index is -0.869. The van der Waals surface area contributed by atoms with Crippen LogP contribution >= 0.6 is 0 Å². The van der Waals surface area contributed by atoms with Crippen LogP contribution in [0.2, 0.25) is 0 Å². The highest BCUT2D eigenvalue weighted by molar-refractivity contribution is 5.93. The lowest BCUT2D eigenvalue weighted by atomic mass is 10.0. The number of methoxy groups -OCH3 is 1. The SMILES string of the molecule is COCC(CO)CCCCNC(=O)CNC(=O)[C@H](CCCCN)NC(=O)C(CCCCN)NC(=O)CCCN.Cc1ccccc1. The third-order valence-corrected chi connectivity index (χ3v) is 7.17. The van der Waals surface area contributed by atoms with Gasteiger partial charge in [0.25, 0.3) is 0 Å². The number of nitrogens with two attached hydrogens (primary N) is 3. The summed E-state index contributed by atoms with van der Waals surface area (Å²) in [4.78, 5) is 50.4. The second-order valence-corrected chi connectivity index (χ2v) is 11.4. The van der Waals surface area contributed by atoms with Crippen LogP contribution in [0.5, 0.6) is 0 Å². The molecule has 0 bridgehead atoms. The van der Waals surface area contributed by atoms with Crippen LogP contribution in [0.1, 0.15) is 76.2 Å². The van der Waals surface area contributed by atoms with Crippen LogP contribution in [-0.2, 0) is 23.9 Å². The predicted molar refractivity (Wildman–Crippen MR) is 181 cm³/mol. The number of hydrogen-bond donors (Lipinski definition) is 8. The zero-order valence-electron chi connectivity index (χ0n) is 28.1. The van der Waals surface area contributed by atoms with E-state index in [0.717, 1.165) is 19.3 Å². The second-order valence-electron chi connectivity index (χ2n) is 11.4. The molecule has 0 spiro atoms. The molecule has 13 nitrogen and oxygen atoms in total. The molecule has 46 heavy (non-hydrogen) atoms. The van der Waals surface area contributed by atoms with Crippen molar-refractivity contribution in [3.63, 3.8) is 0 Å². The molecule has 0 aromatic heterocycles.